The molecule has 2 amide bonds. The summed E-state index contributed by atoms with van der Waals surface area (Å²) >= 11 is 0. The molecule has 4 nitrogen and oxygen atoms in total. The Labute approximate surface area is 382 Å². The third-order valence-corrected chi connectivity index (χ3v) is 13.1. The van der Waals surface area contributed by atoms with Gasteiger partial charge in [0.2, 0.25) is 11.8 Å². The first-order chi connectivity index (χ1) is 30.0. The Morgan fingerprint density at radius 1 is 0.361 bits per heavy atom. The molecule has 0 fully saturated rings. The fourth-order valence-electron chi connectivity index (χ4n) is 8.98. The van der Waals surface area contributed by atoms with E-state index in [1.807, 2.05) is 0 Å². The highest BCUT2D eigenvalue weighted by Gasteiger charge is 2.36. The van der Waals surface area contributed by atoms with E-state index in [1.165, 1.54) is 238 Å². The fraction of sp³-hybridized carbons (Fsp3) is 0.860. The van der Waals surface area contributed by atoms with E-state index in [9.17, 15) is 9.59 Å². The van der Waals surface area contributed by atoms with Gasteiger partial charge in [0, 0.05) is 18.4 Å². The summed E-state index contributed by atoms with van der Waals surface area (Å²) in [6.45, 7) is 7.22. The molecule has 0 unspecified atom stereocenters. The maximum atomic E-state index is 14.1. The Morgan fingerprint density at radius 2 is 0.590 bits per heavy atom. The lowest BCUT2D eigenvalue weighted by Gasteiger charge is -2.33. The topological polar surface area (TPSA) is 72.2 Å². The summed E-state index contributed by atoms with van der Waals surface area (Å²) < 4.78 is 0. The van der Waals surface area contributed by atoms with Gasteiger partial charge in [-0.05, 0) is 96.3 Å². The summed E-state index contributed by atoms with van der Waals surface area (Å²) in [6.07, 6.45) is 69.5. The van der Waals surface area contributed by atoms with Crippen molar-refractivity contribution in [3.05, 3.63) is 36.5 Å². The number of hydrogen-bond acceptors (Lipinski definition) is 2. The second-order valence-electron chi connectivity index (χ2n) is 19.1. The second kappa shape index (κ2) is 49.2. The summed E-state index contributed by atoms with van der Waals surface area (Å²) in [6, 6.07) is 0. The van der Waals surface area contributed by atoms with Crippen molar-refractivity contribution in [2.45, 2.75) is 303 Å². The molecule has 0 spiro atoms. The molecule has 4 heteroatoms. The third-order valence-electron chi connectivity index (χ3n) is 13.1. The first-order valence-corrected chi connectivity index (χ1v) is 27.5. The van der Waals surface area contributed by atoms with Gasteiger partial charge in [0.05, 0.1) is 0 Å². The molecule has 0 aromatic heterocycles. The van der Waals surface area contributed by atoms with Crippen molar-refractivity contribution < 1.29 is 9.59 Å². The van der Waals surface area contributed by atoms with Crippen LogP contribution in [0.25, 0.3) is 0 Å². The summed E-state index contributed by atoms with van der Waals surface area (Å²) in [4.78, 5) is 25.7. The van der Waals surface area contributed by atoms with Crippen LogP contribution in [-0.2, 0) is 9.59 Å². The molecule has 0 heterocycles. The van der Waals surface area contributed by atoms with E-state index < -0.39 is 0 Å². The largest absolute Gasteiger partial charge is 0.370 e. The van der Waals surface area contributed by atoms with Crippen LogP contribution in [0.5, 0.6) is 0 Å². The van der Waals surface area contributed by atoms with Crippen LogP contribution >= 0.6 is 0 Å². The van der Waals surface area contributed by atoms with Crippen molar-refractivity contribution in [1.29, 1.82) is 0 Å². The number of unbranched alkanes of at least 4 members (excludes halogenated alkanes) is 34. The van der Waals surface area contributed by atoms with Gasteiger partial charge in [-0.15, -0.1) is 0 Å². The van der Waals surface area contributed by atoms with Gasteiger partial charge in [0.25, 0.3) is 0 Å². The number of nitrogens with one attached hydrogen (secondary N) is 1. The number of carbonyl (C=O) groups excluding carboxylic acids is 2. The summed E-state index contributed by atoms with van der Waals surface area (Å²) in [7, 11) is 0. The minimum atomic E-state index is -0.339. The Bertz CT molecular complexity index is 957. The molecule has 0 atom stereocenters. The number of nitrogens with two attached hydrogens (primary N) is 1. The summed E-state index contributed by atoms with van der Waals surface area (Å²) in [5.74, 6) is -0.152. The number of carbonyl (C=O) groups is 2. The van der Waals surface area contributed by atoms with Crippen LogP contribution in [0.15, 0.2) is 36.5 Å². The zero-order valence-electron chi connectivity index (χ0n) is 41.7. The second-order valence-corrected chi connectivity index (χ2v) is 19.1. The number of hydrogen-bond donors (Lipinski definition) is 2. The Hall–Kier alpha value is -1.84. The predicted molar refractivity (Wildman–Crippen MR) is 272 cm³/mol. The first kappa shape index (κ1) is 59.2. The first-order valence-electron chi connectivity index (χ1n) is 27.5. The third kappa shape index (κ3) is 43.2. The standard InChI is InChI=1S/C57H108N2O2/c1-4-7-10-13-16-19-22-25-28-30-33-36-39-42-45-48-52-57(56(61)59-54-50-55(58)60,51-47-44-41-38-35-32-27-24-21-18-15-12-9-6-3)53-49-46-43-40-37-34-31-29-26-23-20-17-14-11-8-5-2/h25-29,32H,4-24,30-31,33-54H2,1-3H3,(H2,58,60)(H,59,61)/b28-25-,29-26-,32-27-. The minimum absolute atomic E-state index is 0.187. The van der Waals surface area contributed by atoms with Gasteiger partial charge < -0.3 is 11.1 Å². The highest BCUT2D eigenvalue weighted by Crippen LogP contribution is 2.38. The Morgan fingerprint density at radius 3 is 0.836 bits per heavy atom. The minimum Gasteiger partial charge on any atom is -0.370 e. The van der Waals surface area contributed by atoms with Gasteiger partial charge in [-0.3, -0.25) is 9.59 Å². The summed E-state index contributed by atoms with van der Waals surface area (Å²) in [5.41, 5.74) is 5.16. The zero-order valence-corrected chi connectivity index (χ0v) is 41.7. The number of primary amides is 1. The molecule has 0 aromatic rings. The molecule has 61 heavy (non-hydrogen) atoms. The average molecular weight is 854 g/mol. The zero-order chi connectivity index (χ0) is 44.4. The number of allylic oxidation sites excluding steroid dienone is 6. The fourth-order valence-corrected chi connectivity index (χ4v) is 8.98. The van der Waals surface area contributed by atoms with Crippen molar-refractivity contribution in [3.8, 4) is 0 Å². The average Bonchev–Trinajstić information content (AvgIpc) is 3.25. The summed E-state index contributed by atoms with van der Waals surface area (Å²) in [5, 5.41) is 3.20. The molecule has 358 valence electrons. The van der Waals surface area contributed by atoms with Crippen LogP contribution in [0.4, 0.5) is 0 Å². The van der Waals surface area contributed by atoms with E-state index in [1.54, 1.807) is 0 Å². The monoisotopic (exact) mass is 853 g/mol. The number of amides is 2. The van der Waals surface area contributed by atoms with Crippen molar-refractivity contribution in [1.82, 2.24) is 5.32 Å². The van der Waals surface area contributed by atoms with Crippen LogP contribution in [0.2, 0.25) is 0 Å². The molecule has 0 saturated heterocycles. The maximum absolute atomic E-state index is 14.1. The van der Waals surface area contributed by atoms with Gasteiger partial charge in [-0.25, -0.2) is 0 Å². The van der Waals surface area contributed by atoms with E-state index in [4.69, 9.17) is 5.73 Å². The van der Waals surface area contributed by atoms with Gasteiger partial charge in [0.15, 0.2) is 0 Å². The predicted octanol–water partition coefficient (Wildman–Crippen LogP) is 18.5. The lowest BCUT2D eigenvalue weighted by molar-refractivity contribution is -0.132. The van der Waals surface area contributed by atoms with Gasteiger partial charge in [-0.2, -0.15) is 0 Å². The molecule has 0 aliphatic heterocycles. The molecule has 0 aliphatic rings. The molecule has 0 bridgehead atoms. The molecule has 0 radical (unpaired) electrons. The smallest absolute Gasteiger partial charge is 0.226 e. The normalized spacial score (nSPS) is 12.2. The van der Waals surface area contributed by atoms with Gasteiger partial charge >= 0.3 is 0 Å². The molecule has 3 N–H and O–H groups in total. The van der Waals surface area contributed by atoms with Gasteiger partial charge in [0.1, 0.15) is 0 Å². The molecule has 0 aromatic carbocycles. The van der Waals surface area contributed by atoms with E-state index in [0.29, 0.717) is 6.54 Å². The highest BCUT2D eigenvalue weighted by molar-refractivity contribution is 5.83. The van der Waals surface area contributed by atoms with E-state index in [2.05, 4.69) is 62.5 Å². The molecule has 0 aliphatic carbocycles. The van der Waals surface area contributed by atoms with Crippen molar-refractivity contribution in [2.75, 3.05) is 6.54 Å². The molecule has 0 rings (SSSR count). The lowest BCUT2D eigenvalue weighted by atomic mass is 9.73. The van der Waals surface area contributed by atoms with E-state index >= 15 is 0 Å². The quantitative estimate of drug-likeness (QED) is 0.0473. The highest BCUT2D eigenvalue weighted by atomic mass is 16.2. The van der Waals surface area contributed by atoms with Crippen LogP contribution in [0.1, 0.15) is 303 Å². The Balaban J connectivity index is 4.92. The number of rotatable bonds is 50. The van der Waals surface area contributed by atoms with Crippen LogP contribution in [0.3, 0.4) is 0 Å². The molecular formula is C57H108N2O2. The Kier molecular flexibility index (Phi) is 47.7. The van der Waals surface area contributed by atoms with E-state index in [0.717, 1.165) is 38.5 Å². The SMILES string of the molecule is CCCCCCCC/C=C\CCCCCCCCC(CCCCCC/C=C\CCCCCCCC)(CCCCCCCC/C=C\CCCCCCCC)C(=O)NCCC(N)=O. The molecule has 0 saturated carbocycles. The van der Waals surface area contributed by atoms with Crippen LogP contribution < -0.4 is 11.1 Å². The van der Waals surface area contributed by atoms with Crippen molar-refractivity contribution in [3.63, 3.8) is 0 Å². The van der Waals surface area contributed by atoms with Crippen molar-refractivity contribution in [2.24, 2.45) is 11.1 Å². The van der Waals surface area contributed by atoms with Crippen molar-refractivity contribution >= 4 is 11.8 Å². The van der Waals surface area contributed by atoms with E-state index in [-0.39, 0.29) is 23.7 Å². The maximum Gasteiger partial charge on any atom is 0.226 e. The van der Waals surface area contributed by atoms with Gasteiger partial charge in [-0.1, -0.05) is 237 Å². The lowest BCUT2D eigenvalue weighted by Crippen LogP contribution is -2.42. The van der Waals surface area contributed by atoms with Crippen LogP contribution in [0, 0.1) is 5.41 Å². The van der Waals surface area contributed by atoms with Crippen LogP contribution in [-0.4, -0.2) is 18.4 Å². The molecular weight excluding hydrogens is 745 g/mol.